The molecular weight excluding hydrogens is 462 g/mol. The van der Waals surface area contributed by atoms with E-state index in [4.69, 9.17) is 9.47 Å². The van der Waals surface area contributed by atoms with E-state index >= 15 is 0 Å². The molecule has 0 radical (unpaired) electrons. The fraction of sp³-hybridized carbons (Fsp3) is 0.250. The summed E-state index contributed by atoms with van der Waals surface area (Å²) in [4.78, 5) is 0.162. The van der Waals surface area contributed by atoms with Crippen molar-refractivity contribution in [2.45, 2.75) is 17.9 Å². The van der Waals surface area contributed by atoms with E-state index in [1.54, 1.807) is 26.2 Å². The number of ether oxygens (including phenoxy) is 2. The molecule has 0 saturated heterocycles. The fourth-order valence-electron chi connectivity index (χ4n) is 2.14. The molecule has 8 heteroatoms. The molecule has 0 saturated carbocycles. The number of rotatable bonds is 6. The third kappa shape index (κ3) is 4.30. The predicted molar refractivity (Wildman–Crippen MR) is 100 cm³/mol. The van der Waals surface area contributed by atoms with Crippen LogP contribution in [0.2, 0.25) is 0 Å². The second-order valence-electron chi connectivity index (χ2n) is 5.03. The van der Waals surface area contributed by atoms with Gasteiger partial charge in [0.25, 0.3) is 0 Å². The molecule has 1 unspecified atom stereocenters. The van der Waals surface area contributed by atoms with E-state index in [0.29, 0.717) is 16.0 Å². The molecule has 24 heavy (non-hydrogen) atoms. The summed E-state index contributed by atoms with van der Waals surface area (Å²) >= 11 is 6.70. The van der Waals surface area contributed by atoms with Crippen molar-refractivity contribution in [3.05, 3.63) is 50.9 Å². The lowest BCUT2D eigenvalue weighted by Gasteiger charge is -2.16. The summed E-state index contributed by atoms with van der Waals surface area (Å²) in [6.07, 6.45) is 0. The van der Waals surface area contributed by atoms with E-state index in [9.17, 15) is 8.42 Å². The van der Waals surface area contributed by atoms with Crippen molar-refractivity contribution >= 4 is 41.9 Å². The van der Waals surface area contributed by atoms with Crippen LogP contribution in [0.25, 0.3) is 0 Å². The highest BCUT2D eigenvalue weighted by Gasteiger charge is 2.20. The van der Waals surface area contributed by atoms with Gasteiger partial charge in [-0.3, -0.25) is 0 Å². The van der Waals surface area contributed by atoms with Crippen LogP contribution in [0.4, 0.5) is 0 Å². The number of hydrogen-bond donors (Lipinski definition) is 1. The zero-order valence-corrected chi connectivity index (χ0v) is 17.3. The maximum atomic E-state index is 12.6. The number of sulfonamides is 1. The molecule has 2 aromatic rings. The maximum Gasteiger partial charge on any atom is 0.241 e. The highest BCUT2D eigenvalue weighted by Crippen LogP contribution is 2.30. The van der Waals surface area contributed by atoms with E-state index in [1.165, 1.54) is 19.2 Å². The molecule has 0 aliphatic carbocycles. The van der Waals surface area contributed by atoms with Gasteiger partial charge in [-0.15, -0.1) is 0 Å². The summed E-state index contributed by atoms with van der Waals surface area (Å²) in [6, 6.07) is 9.65. The molecule has 0 aliphatic heterocycles. The molecule has 2 aromatic carbocycles. The van der Waals surface area contributed by atoms with Crippen molar-refractivity contribution < 1.29 is 17.9 Å². The summed E-state index contributed by atoms with van der Waals surface area (Å²) in [6.45, 7) is 1.78. The van der Waals surface area contributed by atoms with Gasteiger partial charge < -0.3 is 9.47 Å². The van der Waals surface area contributed by atoms with Crippen molar-refractivity contribution in [1.82, 2.24) is 4.72 Å². The first-order valence-electron chi connectivity index (χ1n) is 6.98. The topological polar surface area (TPSA) is 64.6 Å². The van der Waals surface area contributed by atoms with E-state index in [-0.39, 0.29) is 4.90 Å². The minimum Gasteiger partial charge on any atom is -0.496 e. The second-order valence-corrected chi connectivity index (χ2v) is 8.46. The quantitative estimate of drug-likeness (QED) is 0.673. The van der Waals surface area contributed by atoms with Crippen molar-refractivity contribution in [2.75, 3.05) is 14.2 Å². The summed E-state index contributed by atoms with van der Waals surface area (Å²) in [5, 5.41) is 0. The number of halogens is 2. The Labute approximate surface area is 158 Å². The molecule has 5 nitrogen and oxygen atoms in total. The predicted octanol–water partition coefficient (Wildman–Crippen LogP) is 4.27. The summed E-state index contributed by atoms with van der Waals surface area (Å²) < 4.78 is 39.4. The molecule has 0 heterocycles. The van der Waals surface area contributed by atoms with Crippen LogP contribution in [-0.2, 0) is 10.0 Å². The van der Waals surface area contributed by atoms with E-state index in [0.717, 1.165) is 10.0 Å². The fourth-order valence-corrected chi connectivity index (χ4v) is 4.64. The lowest BCUT2D eigenvalue weighted by Crippen LogP contribution is -2.27. The van der Waals surface area contributed by atoms with Crippen LogP contribution < -0.4 is 14.2 Å². The van der Waals surface area contributed by atoms with Gasteiger partial charge in [0.2, 0.25) is 10.0 Å². The highest BCUT2D eigenvalue weighted by atomic mass is 79.9. The first-order valence-corrected chi connectivity index (χ1v) is 10.0. The Kier molecular flexibility index (Phi) is 6.30. The Morgan fingerprint density at radius 3 is 2.00 bits per heavy atom. The molecule has 0 aromatic heterocycles. The first kappa shape index (κ1) is 19.2. The molecule has 2 rings (SSSR count). The minimum absolute atomic E-state index is 0.162. The van der Waals surface area contributed by atoms with Crippen LogP contribution in [-0.4, -0.2) is 22.6 Å². The molecular formula is C16H17Br2NO4S. The molecule has 0 spiro atoms. The summed E-state index contributed by atoms with van der Waals surface area (Å²) in [7, 11) is -0.565. The summed E-state index contributed by atoms with van der Waals surface area (Å²) in [5.74, 6) is 1.26. The lowest BCUT2D eigenvalue weighted by molar-refractivity contribution is 0.411. The smallest absolute Gasteiger partial charge is 0.241 e. The maximum absolute atomic E-state index is 12.6. The molecule has 1 N–H and O–H groups in total. The van der Waals surface area contributed by atoms with Gasteiger partial charge in [-0.2, -0.15) is 0 Å². The van der Waals surface area contributed by atoms with Gasteiger partial charge in [0.1, 0.15) is 11.5 Å². The lowest BCUT2D eigenvalue weighted by atomic mass is 10.1. The Balaban J connectivity index is 2.25. The Hall–Kier alpha value is -1.09. The second kappa shape index (κ2) is 7.86. The van der Waals surface area contributed by atoms with Crippen molar-refractivity contribution in [2.24, 2.45) is 0 Å². The van der Waals surface area contributed by atoms with Gasteiger partial charge in [-0.25, -0.2) is 13.1 Å². The molecule has 0 aliphatic rings. The van der Waals surface area contributed by atoms with Gasteiger partial charge >= 0.3 is 0 Å². The number of hydrogen-bond acceptors (Lipinski definition) is 4. The zero-order valence-electron chi connectivity index (χ0n) is 13.3. The van der Waals surface area contributed by atoms with Gasteiger partial charge in [0, 0.05) is 6.04 Å². The van der Waals surface area contributed by atoms with E-state index in [1.807, 2.05) is 12.1 Å². The highest BCUT2D eigenvalue weighted by molar-refractivity contribution is 9.10. The molecule has 1 atom stereocenters. The standard InChI is InChI=1S/C16H17Br2NO4S/c1-10(11-4-6-15(22-2)13(17)8-11)19-24(20,21)12-5-7-16(23-3)14(18)9-12/h4-10,19H,1-3H3. The van der Waals surface area contributed by atoms with Crippen LogP contribution >= 0.6 is 31.9 Å². The van der Waals surface area contributed by atoms with E-state index in [2.05, 4.69) is 36.6 Å². The van der Waals surface area contributed by atoms with Crippen LogP contribution in [0.3, 0.4) is 0 Å². The van der Waals surface area contributed by atoms with Crippen LogP contribution in [0, 0.1) is 0 Å². The van der Waals surface area contributed by atoms with Crippen LogP contribution in [0.5, 0.6) is 11.5 Å². The molecule has 0 fully saturated rings. The largest absolute Gasteiger partial charge is 0.496 e. The van der Waals surface area contributed by atoms with Crippen LogP contribution in [0.1, 0.15) is 18.5 Å². The van der Waals surface area contributed by atoms with Gasteiger partial charge in [0.05, 0.1) is 28.1 Å². The number of methoxy groups -OCH3 is 2. The Bertz CT molecular complexity index is 840. The Morgan fingerprint density at radius 2 is 1.50 bits per heavy atom. The van der Waals surface area contributed by atoms with Gasteiger partial charge in [-0.05, 0) is 74.7 Å². The third-order valence-corrected chi connectivity index (χ3v) is 6.22. The first-order chi connectivity index (χ1) is 11.3. The monoisotopic (exact) mass is 477 g/mol. The number of benzene rings is 2. The van der Waals surface area contributed by atoms with Crippen molar-refractivity contribution in [3.63, 3.8) is 0 Å². The van der Waals surface area contributed by atoms with Crippen molar-refractivity contribution in [3.8, 4) is 11.5 Å². The van der Waals surface area contributed by atoms with Gasteiger partial charge in [0.15, 0.2) is 0 Å². The summed E-state index contributed by atoms with van der Waals surface area (Å²) in [5.41, 5.74) is 0.818. The molecule has 0 amide bonds. The average Bonchev–Trinajstić information content (AvgIpc) is 2.54. The SMILES string of the molecule is COc1ccc(C(C)NS(=O)(=O)c2ccc(OC)c(Br)c2)cc1Br. The molecule has 0 bridgehead atoms. The third-order valence-electron chi connectivity index (χ3n) is 3.44. The minimum atomic E-state index is -3.67. The Morgan fingerprint density at radius 1 is 0.958 bits per heavy atom. The number of nitrogens with one attached hydrogen (secondary N) is 1. The average molecular weight is 479 g/mol. The normalized spacial score (nSPS) is 12.7. The van der Waals surface area contributed by atoms with E-state index < -0.39 is 16.1 Å². The zero-order chi connectivity index (χ0) is 17.9. The van der Waals surface area contributed by atoms with Crippen LogP contribution in [0.15, 0.2) is 50.2 Å². The molecule has 130 valence electrons. The van der Waals surface area contributed by atoms with Gasteiger partial charge in [-0.1, -0.05) is 6.07 Å². The van der Waals surface area contributed by atoms with Crippen molar-refractivity contribution in [1.29, 1.82) is 0 Å².